The van der Waals surface area contributed by atoms with Gasteiger partial charge in [0.15, 0.2) is 17.7 Å². The van der Waals surface area contributed by atoms with E-state index in [1.54, 1.807) is 13.8 Å². The van der Waals surface area contributed by atoms with Gasteiger partial charge in [0.25, 0.3) is 5.91 Å². The predicted molar refractivity (Wildman–Crippen MR) is 174 cm³/mol. The van der Waals surface area contributed by atoms with Crippen LogP contribution in [0.15, 0.2) is 46.9 Å². The van der Waals surface area contributed by atoms with Crippen molar-refractivity contribution in [1.82, 2.24) is 20.9 Å². The number of rotatable bonds is 6. The Bertz CT molecular complexity index is 1710. The van der Waals surface area contributed by atoms with Crippen molar-refractivity contribution in [2.24, 2.45) is 11.8 Å². The van der Waals surface area contributed by atoms with Crippen molar-refractivity contribution < 1.29 is 28.6 Å². The van der Waals surface area contributed by atoms with Crippen LogP contribution in [0.3, 0.4) is 0 Å². The summed E-state index contributed by atoms with van der Waals surface area (Å²) in [6, 6.07) is 11.9. The zero-order valence-electron chi connectivity index (χ0n) is 27.3. The maximum absolute atomic E-state index is 14.2. The summed E-state index contributed by atoms with van der Waals surface area (Å²) in [5, 5.41) is 23.1. The van der Waals surface area contributed by atoms with Gasteiger partial charge in [0, 0.05) is 23.7 Å². The smallest absolute Gasteiger partial charge is 0.273 e. The molecule has 1 unspecified atom stereocenters. The summed E-state index contributed by atoms with van der Waals surface area (Å²) in [4.78, 5) is 46.1. The summed E-state index contributed by atoms with van der Waals surface area (Å²) in [6.07, 6.45) is 3.35. The molecule has 1 saturated carbocycles. The van der Waals surface area contributed by atoms with Crippen molar-refractivity contribution in [2.75, 3.05) is 5.32 Å². The van der Waals surface area contributed by atoms with E-state index < -0.39 is 41.6 Å². The first-order valence-electron chi connectivity index (χ1n) is 16.8. The number of aliphatic hydroxyl groups excluding tert-OH is 1. The minimum absolute atomic E-state index is 0.0403. The number of hydrogen-bond acceptors (Lipinski definition) is 8. The van der Waals surface area contributed by atoms with Crippen LogP contribution >= 0.6 is 0 Å². The van der Waals surface area contributed by atoms with Crippen LogP contribution in [0.4, 0.5) is 5.69 Å². The quantitative estimate of drug-likeness (QED) is 0.270. The van der Waals surface area contributed by atoms with Gasteiger partial charge >= 0.3 is 0 Å². The van der Waals surface area contributed by atoms with Gasteiger partial charge in [-0.25, -0.2) is 4.98 Å². The van der Waals surface area contributed by atoms with E-state index in [2.05, 4.69) is 21.3 Å². The summed E-state index contributed by atoms with van der Waals surface area (Å²) >= 11 is 0. The van der Waals surface area contributed by atoms with Crippen molar-refractivity contribution in [1.29, 1.82) is 0 Å². The summed E-state index contributed by atoms with van der Waals surface area (Å²) < 4.78 is 13.3. The fourth-order valence-corrected chi connectivity index (χ4v) is 7.52. The van der Waals surface area contributed by atoms with Crippen LogP contribution in [0.1, 0.15) is 105 Å². The van der Waals surface area contributed by atoms with E-state index in [1.165, 1.54) is 0 Å². The van der Waals surface area contributed by atoms with E-state index in [0.29, 0.717) is 11.5 Å². The van der Waals surface area contributed by atoms with Gasteiger partial charge < -0.3 is 35.5 Å². The maximum atomic E-state index is 14.2. The first kappa shape index (κ1) is 31.2. The maximum Gasteiger partial charge on any atom is 0.273 e. The molecule has 3 aromatic rings. The lowest BCUT2D eigenvalue weighted by Crippen LogP contribution is -2.52. The summed E-state index contributed by atoms with van der Waals surface area (Å²) in [7, 11) is 0. The fraction of sp³-hybridized carbons (Fsp3) is 0.500. The van der Waals surface area contributed by atoms with Crippen LogP contribution < -0.4 is 26.0 Å². The Labute approximate surface area is 274 Å². The molecule has 5 N–H and O–H groups in total. The van der Waals surface area contributed by atoms with Gasteiger partial charge in [-0.3, -0.25) is 14.4 Å². The zero-order chi connectivity index (χ0) is 33.0. The highest BCUT2D eigenvalue weighted by Gasteiger charge is 2.61. The lowest BCUT2D eigenvalue weighted by atomic mass is 9.72. The molecule has 4 aliphatic rings. The molecule has 0 radical (unpaired) electrons. The largest absolute Gasteiger partial charge is 0.469 e. The van der Waals surface area contributed by atoms with E-state index in [4.69, 9.17) is 14.1 Å². The van der Waals surface area contributed by atoms with Crippen LogP contribution in [-0.4, -0.2) is 52.2 Å². The fourth-order valence-electron chi connectivity index (χ4n) is 7.52. The lowest BCUT2D eigenvalue weighted by Gasteiger charge is -2.29. The van der Waals surface area contributed by atoms with Crippen molar-refractivity contribution in [3.63, 3.8) is 0 Å². The third-order valence-electron chi connectivity index (χ3n) is 10.1. The molecular formula is C36H43N5O6. The molecule has 4 bridgehead atoms. The number of aliphatic hydroxyl groups is 1. The van der Waals surface area contributed by atoms with Gasteiger partial charge in [-0.2, -0.15) is 0 Å². The average molecular weight is 642 g/mol. The number of nitrogens with zero attached hydrogens (tertiary/aromatic N) is 1. The predicted octanol–water partition coefficient (Wildman–Crippen LogP) is 4.09. The molecule has 3 amide bonds. The van der Waals surface area contributed by atoms with Crippen LogP contribution in [0.5, 0.6) is 5.75 Å². The Morgan fingerprint density at radius 2 is 1.77 bits per heavy atom. The van der Waals surface area contributed by atoms with Crippen molar-refractivity contribution in [2.45, 2.75) is 102 Å². The monoisotopic (exact) mass is 641 g/mol. The van der Waals surface area contributed by atoms with E-state index in [1.807, 2.05) is 56.3 Å². The number of nitrogens with one attached hydrogen (secondary N) is 4. The molecule has 1 fully saturated rings. The summed E-state index contributed by atoms with van der Waals surface area (Å²) in [6.45, 7) is 7.36. The molecular weight excluding hydrogens is 598 g/mol. The van der Waals surface area contributed by atoms with E-state index in [9.17, 15) is 19.5 Å². The number of anilines is 1. The normalized spacial score (nSPS) is 25.4. The third kappa shape index (κ3) is 5.24. The molecule has 47 heavy (non-hydrogen) atoms. The first-order chi connectivity index (χ1) is 22.6. The van der Waals surface area contributed by atoms with E-state index in [-0.39, 0.29) is 41.8 Å². The SMILES string of the molecule is CC(C)[C@H](O)C(=O)N[C@H]1Cc2ccc3c(c2)C2(c4ccccc4N[C@H]2O3)c2oc(nc2C(=O)NC2CCCCC2)[C@H](C(C)C)NC1=O. The number of aromatic nitrogens is 1. The van der Waals surface area contributed by atoms with E-state index in [0.717, 1.165) is 54.5 Å². The number of amides is 3. The number of fused-ring (bicyclic) bond motifs is 4. The number of carbonyl (C=O) groups is 3. The second kappa shape index (κ2) is 12.0. The Balaban J connectivity index is 1.42. The van der Waals surface area contributed by atoms with Crippen LogP contribution in [-0.2, 0) is 21.4 Å². The van der Waals surface area contributed by atoms with Gasteiger partial charge in [0.05, 0.1) is 0 Å². The molecule has 1 aliphatic carbocycles. The highest BCUT2D eigenvalue weighted by atomic mass is 16.5. The molecule has 2 aromatic carbocycles. The average Bonchev–Trinajstić information content (AvgIpc) is 3.72. The number of oxazole rings is 1. The molecule has 0 saturated heterocycles. The van der Waals surface area contributed by atoms with Gasteiger partial charge in [0.2, 0.25) is 17.7 Å². The van der Waals surface area contributed by atoms with Gasteiger partial charge in [-0.15, -0.1) is 0 Å². The molecule has 11 nitrogen and oxygen atoms in total. The number of hydrogen-bond donors (Lipinski definition) is 5. The Morgan fingerprint density at radius 3 is 2.51 bits per heavy atom. The molecule has 5 atom stereocenters. The third-order valence-corrected chi connectivity index (χ3v) is 10.1. The molecule has 11 heteroatoms. The minimum Gasteiger partial charge on any atom is -0.469 e. The molecule has 1 spiro atoms. The number of para-hydroxylation sites is 1. The highest BCUT2D eigenvalue weighted by molar-refractivity contribution is 5.95. The number of benzene rings is 2. The van der Waals surface area contributed by atoms with E-state index >= 15 is 0 Å². The van der Waals surface area contributed by atoms with Crippen LogP contribution in [0, 0.1) is 11.8 Å². The van der Waals surface area contributed by atoms with Gasteiger partial charge in [0.1, 0.15) is 29.4 Å². The van der Waals surface area contributed by atoms with Gasteiger partial charge in [-0.05, 0) is 47.9 Å². The number of ether oxygens (including phenoxy) is 1. The number of carbonyl (C=O) groups excluding carboxylic acids is 3. The van der Waals surface area contributed by atoms with Gasteiger partial charge in [-0.1, -0.05) is 77.3 Å². The molecule has 3 aliphatic heterocycles. The second-order valence-corrected chi connectivity index (χ2v) is 14.0. The molecule has 1 aromatic heterocycles. The van der Waals surface area contributed by atoms with Crippen LogP contribution in [0.2, 0.25) is 0 Å². The topological polar surface area (TPSA) is 155 Å². The highest BCUT2D eigenvalue weighted by Crippen LogP contribution is 2.58. The standard InChI is InChI=1S/C36H43N5O6/c1-18(2)27-34-41-28(32(44)37-21-10-6-5-7-11-21)30(47-34)36-22-12-8-9-13-24(22)39-35(36)46-26-15-14-20(16-23(26)36)17-25(31(43)40-27)38-33(45)29(42)19(3)4/h8-9,12-16,18-19,21,25,27,29,35,39,42H,5-7,10-11,17H2,1-4H3,(H,37,44)(H,38,45)(H,40,43)/t25-,27-,29-,35-,36?/m0/s1. The first-order valence-corrected chi connectivity index (χ1v) is 16.8. The second-order valence-electron chi connectivity index (χ2n) is 14.0. The minimum atomic E-state index is -1.27. The summed E-state index contributed by atoms with van der Waals surface area (Å²) in [5.74, 6) is -0.717. The lowest BCUT2D eigenvalue weighted by molar-refractivity contribution is -0.135. The summed E-state index contributed by atoms with van der Waals surface area (Å²) in [5.41, 5.74) is 2.40. The molecule has 4 heterocycles. The Morgan fingerprint density at radius 1 is 1.00 bits per heavy atom. The Hall–Kier alpha value is -4.38. The zero-order valence-corrected chi connectivity index (χ0v) is 27.3. The van der Waals surface area contributed by atoms with Crippen molar-refractivity contribution in [3.8, 4) is 5.75 Å². The Kier molecular flexibility index (Phi) is 7.98. The molecule has 248 valence electrons. The van der Waals surface area contributed by atoms with Crippen LogP contribution in [0.25, 0.3) is 0 Å². The van der Waals surface area contributed by atoms with Crippen molar-refractivity contribution >= 4 is 23.4 Å². The molecule has 7 rings (SSSR count). The van der Waals surface area contributed by atoms with Crippen molar-refractivity contribution in [3.05, 3.63) is 76.5 Å².